The Bertz CT molecular complexity index is 301. The van der Waals surface area contributed by atoms with Crippen molar-refractivity contribution < 1.29 is 9.53 Å². The minimum absolute atomic E-state index is 0.0277. The Labute approximate surface area is 133 Å². The Morgan fingerprint density at radius 1 is 1.14 bits per heavy atom. The molecule has 1 aliphatic rings. The Hall–Kier alpha value is -0.530. The molecule has 0 amide bonds. The minimum atomic E-state index is -0.348. The average Bonchev–Trinajstić information content (AvgIpc) is 2.89. The van der Waals surface area contributed by atoms with Crippen LogP contribution in [0.3, 0.4) is 0 Å². The zero-order chi connectivity index (χ0) is 16.7. The molecule has 0 heterocycles. The highest BCUT2D eigenvalue weighted by Crippen LogP contribution is 2.41. The van der Waals surface area contributed by atoms with Gasteiger partial charge < -0.3 is 4.74 Å². The average molecular weight is 299 g/mol. The van der Waals surface area contributed by atoms with Gasteiger partial charge in [0.05, 0.1) is 5.41 Å². The Kier molecular flexibility index (Phi) is 8.58. The normalized spacial score (nSPS) is 19.9. The van der Waals surface area contributed by atoms with Crippen LogP contribution < -0.4 is 0 Å². The minimum Gasteiger partial charge on any atom is -0.459 e. The number of esters is 1. The number of carbonyl (C=O) groups excluding carboxylic acids is 1. The maximum absolute atomic E-state index is 12.7. The van der Waals surface area contributed by atoms with Crippen LogP contribution in [0.15, 0.2) is 0 Å². The molecule has 21 heavy (non-hydrogen) atoms. The lowest BCUT2D eigenvalue weighted by molar-refractivity contribution is -0.175. The molecule has 0 aromatic rings. The largest absolute Gasteiger partial charge is 0.459 e. The van der Waals surface area contributed by atoms with E-state index in [1.165, 1.54) is 12.8 Å². The smallest absolute Gasteiger partial charge is 0.312 e. The lowest BCUT2D eigenvalue weighted by Crippen LogP contribution is -2.42. The topological polar surface area (TPSA) is 26.3 Å². The van der Waals surface area contributed by atoms with Gasteiger partial charge in [-0.2, -0.15) is 0 Å². The van der Waals surface area contributed by atoms with E-state index < -0.39 is 0 Å². The quantitative estimate of drug-likeness (QED) is 0.563. The van der Waals surface area contributed by atoms with Crippen LogP contribution >= 0.6 is 0 Å². The summed E-state index contributed by atoms with van der Waals surface area (Å²) in [5.74, 6) is 0.860. The molecule has 0 N–H and O–H groups in total. The number of hydrogen-bond donors (Lipinski definition) is 0. The van der Waals surface area contributed by atoms with Gasteiger partial charge in [-0.25, -0.2) is 0 Å². The van der Waals surface area contributed by atoms with Crippen LogP contribution in [0.25, 0.3) is 0 Å². The number of ether oxygens (including phenoxy) is 1. The van der Waals surface area contributed by atoms with Crippen LogP contribution in [0.2, 0.25) is 0 Å². The van der Waals surface area contributed by atoms with Crippen LogP contribution in [0, 0.1) is 17.3 Å². The summed E-state index contributed by atoms with van der Waals surface area (Å²) in [5, 5.41) is 0. The van der Waals surface area contributed by atoms with Crippen LogP contribution in [0.1, 0.15) is 93.9 Å². The predicted octanol–water partition coefficient (Wildman–Crippen LogP) is 5.99. The summed E-state index contributed by atoms with van der Waals surface area (Å²) in [5.41, 5.74) is -0.511. The zero-order valence-electron chi connectivity index (χ0n) is 15.7. The molecule has 1 atom stereocenters. The summed E-state index contributed by atoms with van der Waals surface area (Å²) in [6.07, 6.45) is 6.35. The predicted molar refractivity (Wildman–Crippen MR) is 91.3 cm³/mol. The van der Waals surface area contributed by atoms with Crippen molar-refractivity contribution in [2.45, 2.75) is 99.5 Å². The first-order valence-electron chi connectivity index (χ1n) is 8.99. The van der Waals surface area contributed by atoms with E-state index >= 15 is 0 Å². The standard InChI is InChI=1S/C17H32O2.C2H6/c1-7-17(10-8-9-11-17)19-15(18)16(6,14(4)5)12-13(2)3;1-2/h13-14H,7-12H2,1-6H3;1-2H3. The fourth-order valence-electron chi connectivity index (χ4n) is 3.26. The molecule has 0 bridgehead atoms. The molecular weight excluding hydrogens is 260 g/mol. The third kappa shape index (κ3) is 5.30. The van der Waals surface area contributed by atoms with Crippen LogP contribution in [-0.2, 0) is 9.53 Å². The molecule has 0 aromatic heterocycles. The summed E-state index contributed by atoms with van der Waals surface area (Å²) in [4.78, 5) is 12.7. The van der Waals surface area contributed by atoms with Crippen molar-refractivity contribution in [3.05, 3.63) is 0 Å². The number of hydrogen-bond acceptors (Lipinski definition) is 2. The first-order chi connectivity index (χ1) is 9.76. The molecule has 1 saturated carbocycles. The third-order valence-electron chi connectivity index (χ3n) is 5.04. The SMILES string of the molecule is CC.CCC1(OC(=O)C(C)(CC(C)C)C(C)C)CCCC1. The molecule has 0 aromatic carbocycles. The van der Waals surface area contributed by atoms with E-state index in [2.05, 4.69) is 41.5 Å². The lowest BCUT2D eigenvalue weighted by Gasteiger charge is -2.37. The van der Waals surface area contributed by atoms with Gasteiger partial charge in [-0.05, 0) is 57.3 Å². The molecule has 0 saturated heterocycles. The van der Waals surface area contributed by atoms with E-state index in [0.29, 0.717) is 11.8 Å². The van der Waals surface area contributed by atoms with Crippen molar-refractivity contribution in [1.82, 2.24) is 0 Å². The molecule has 1 fully saturated rings. The van der Waals surface area contributed by atoms with E-state index in [9.17, 15) is 4.79 Å². The van der Waals surface area contributed by atoms with Crippen molar-refractivity contribution >= 4 is 5.97 Å². The van der Waals surface area contributed by atoms with E-state index in [-0.39, 0.29) is 17.0 Å². The Balaban J connectivity index is 0.00000191. The number of carbonyl (C=O) groups is 1. The van der Waals surface area contributed by atoms with Crippen molar-refractivity contribution in [1.29, 1.82) is 0 Å². The second kappa shape index (κ2) is 8.80. The van der Waals surface area contributed by atoms with Gasteiger partial charge in [0.25, 0.3) is 0 Å². The van der Waals surface area contributed by atoms with Gasteiger partial charge >= 0.3 is 5.97 Å². The molecule has 0 aliphatic heterocycles. The molecule has 1 rings (SSSR count). The maximum Gasteiger partial charge on any atom is 0.312 e. The van der Waals surface area contributed by atoms with E-state index in [4.69, 9.17) is 4.74 Å². The first-order valence-corrected chi connectivity index (χ1v) is 8.99. The zero-order valence-corrected chi connectivity index (χ0v) is 15.7. The van der Waals surface area contributed by atoms with Crippen molar-refractivity contribution in [2.24, 2.45) is 17.3 Å². The van der Waals surface area contributed by atoms with Gasteiger partial charge in [0.15, 0.2) is 0 Å². The fourth-order valence-corrected chi connectivity index (χ4v) is 3.26. The second-order valence-corrected chi connectivity index (χ2v) is 7.30. The Morgan fingerprint density at radius 3 is 1.95 bits per heavy atom. The molecule has 0 radical (unpaired) electrons. The highest BCUT2D eigenvalue weighted by molar-refractivity contribution is 5.77. The monoisotopic (exact) mass is 298 g/mol. The van der Waals surface area contributed by atoms with Crippen LogP contribution in [0.4, 0.5) is 0 Å². The maximum atomic E-state index is 12.7. The summed E-state index contributed by atoms with van der Waals surface area (Å²) in [6, 6.07) is 0. The van der Waals surface area contributed by atoms with Gasteiger partial charge in [-0.15, -0.1) is 0 Å². The van der Waals surface area contributed by atoms with Gasteiger partial charge in [0.1, 0.15) is 5.60 Å². The lowest BCUT2D eigenvalue weighted by atomic mass is 9.73. The van der Waals surface area contributed by atoms with Crippen molar-refractivity contribution in [3.8, 4) is 0 Å². The highest BCUT2D eigenvalue weighted by Gasteiger charge is 2.44. The van der Waals surface area contributed by atoms with E-state index in [1.54, 1.807) is 0 Å². The van der Waals surface area contributed by atoms with Crippen LogP contribution in [0.5, 0.6) is 0 Å². The first kappa shape index (κ1) is 20.5. The molecule has 0 spiro atoms. The molecule has 2 heteroatoms. The third-order valence-corrected chi connectivity index (χ3v) is 5.04. The second-order valence-electron chi connectivity index (χ2n) is 7.30. The molecule has 126 valence electrons. The van der Waals surface area contributed by atoms with E-state index in [0.717, 1.165) is 25.7 Å². The van der Waals surface area contributed by atoms with Crippen molar-refractivity contribution in [3.63, 3.8) is 0 Å². The van der Waals surface area contributed by atoms with Gasteiger partial charge in [0.2, 0.25) is 0 Å². The summed E-state index contributed by atoms with van der Waals surface area (Å²) < 4.78 is 6.04. The number of rotatable bonds is 6. The van der Waals surface area contributed by atoms with Crippen LogP contribution in [-0.4, -0.2) is 11.6 Å². The molecular formula is C19H38O2. The Morgan fingerprint density at radius 2 is 1.62 bits per heavy atom. The molecule has 1 aliphatic carbocycles. The van der Waals surface area contributed by atoms with E-state index in [1.807, 2.05) is 13.8 Å². The van der Waals surface area contributed by atoms with Gasteiger partial charge in [-0.1, -0.05) is 48.5 Å². The highest BCUT2D eigenvalue weighted by atomic mass is 16.6. The summed E-state index contributed by atoms with van der Waals surface area (Å²) >= 11 is 0. The molecule has 2 nitrogen and oxygen atoms in total. The van der Waals surface area contributed by atoms with Crippen molar-refractivity contribution in [2.75, 3.05) is 0 Å². The van der Waals surface area contributed by atoms with Gasteiger partial charge in [0, 0.05) is 0 Å². The summed E-state index contributed by atoms with van der Waals surface area (Å²) in [6.45, 7) is 16.9. The summed E-state index contributed by atoms with van der Waals surface area (Å²) in [7, 11) is 0. The molecule has 1 unspecified atom stereocenters. The van der Waals surface area contributed by atoms with Gasteiger partial charge in [-0.3, -0.25) is 4.79 Å². The fraction of sp³-hybridized carbons (Fsp3) is 0.947.